The minimum atomic E-state index is -1.09. The first-order chi connectivity index (χ1) is 10.5. The highest BCUT2D eigenvalue weighted by Crippen LogP contribution is 2.30. The van der Waals surface area contributed by atoms with E-state index in [4.69, 9.17) is 16.3 Å². The summed E-state index contributed by atoms with van der Waals surface area (Å²) in [4.78, 5) is 23.1. The van der Waals surface area contributed by atoms with E-state index in [0.29, 0.717) is 16.9 Å². The lowest BCUT2D eigenvalue weighted by molar-refractivity contribution is 0.0600. The van der Waals surface area contributed by atoms with Gasteiger partial charge in [-0.2, -0.15) is 0 Å². The summed E-state index contributed by atoms with van der Waals surface area (Å²) in [6, 6.07) is 9.36. The van der Waals surface area contributed by atoms with E-state index in [1.54, 1.807) is 18.2 Å². The molecule has 0 fully saturated rings. The van der Waals surface area contributed by atoms with Gasteiger partial charge in [0.1, 0.15) is 5.75 Å². The van der Waals surface area contributed by atoms with E-state index in [1.165, 1.54) is 32.4 Å². The molecule has 0 radical (unpaired) electrons. The number of methoxy groups -OCH3 is 2. The molecule has 0 unspecified atom stereocenters. The van der Waals surface area contributed by atoms with Crippen molar-refractivity contribution in [3.63, 3.8) is 0 Å². The second-order valence-electron chi connectivity index (χ2n) is 4.40. The van der Waals surface area contributed by atoms with Crippen molar-refractivity contribution in [1.82, 2.24) is 0 Å². The zero-order valence-electron chi connectivity index (χ0n) is 11.9. The summed E-state index contributed by atoms with van der Waals surface area (Å²) in [5.41, 5.74) is 1.24. The molecule has 2 aromatic rings. The van der Waals surface area contributed by atoms with Gasteiger partial charge in [-0.05, 0) is 41.5 Å². The van der Waals surface area contributed by atoms with E-state index in [-0.39, 0.29) is 16.1 Å². The molecule has 0 saturated heterocycles. The summed E-state index contributed by atoms with van der Waals surface area (Å²) in [6.07, 6.45) is 0. The number of rotatable bonds is 4. The summed E-state index contributed by atoms with van der Waals surface area (Å²) >= 11 is 5.97. The molecule has 114 valence electrons. The van der Waals surface area contributed by atoms with Crippen molar-refractivity contribution >= 4 is 23.5 Å². The fourth-order valence-electron chi connectivity index (χ4n) is 2.04. The van der Waals surface area contributed by atoms with Crippen molar-refractivity contribution < 1.29 is 24.2 Å². The molecule has 2 rings (SSSR count). The highest BCUT2D eigenvalue weighted by molar-refractivity contribution is 6.33. The highest BCUT2D eigenvalue weighted by atomic mass is 35.5. The van der Waals surface area contributed by atoms with Gasteiger partial charge in [0.25, 0.3) is 0 Å². The molecule has 1 N–H and O–H groups in total. The van der Waals surface area contributed by atoms with Gasteiger partial charge in [-0.25, -0.2) is 9.59 Å². The fourth-order valence-corrected chi connectivity index (χ4v) is 2.23. The monoisotopic (exact) mass is 320 g/mol. The zero-order valence-corrected chi connectivity index (χ0v) is 12.7. The number of carbonyl (C=O) groups is 2. The Morgan fingerprint density at radius 2 is 1.77 bits per heavy atom. The van der Waals surface area contributed by atoms with Crippen LogP contribution in [0.3, 0.4) is 0 Å². The lowest BCUT2D eigenvalue weighted by Crippen LogP contribution is -2.04. The largest absolute Gasteiger partial charge is 0.497 e. The van der Waals surface area contributed by atoms with Gasteiger partial charge in [-0.3, -0.25) is 0 Å². The summed E-state index contributed by atoms with van der Waals surface area (Å²) in [7, 11) is 2.71. The van der Waals surface area contributed by atoms with Gasteiger partial charge in [0.05, 0.1) is 30.4 Å². The number of hydrogen-bond donors (Lipinski definition) is 1. The van der Waals surface area contributed by atoms with Crippen molar-refractivity contribution in [2.24, 2.45) is 0 Å². The number of esters is 1. The van der Waals surface area contributed by atoms with Crippen LogP contribution < -0.4 is 4.74 Å². The topological polar surface area (TPSA) is 72.8 Å². The number of ether oxygens (including phenoxy) is 2. The molecule has 0 heterocycles. The van der Waals surface area contributed by atoms with Crippen molar-refractivity contribution in [3.05, 3.63) is 52.5 Å². The molecular weight excluding hydrogens is 308 g/mol. The van der Waals surface area contributed by atoms with Crippen molar-refractivity contribution in [1.29, 1.82) is 0 Å². The first-order valence-electron chi connectivity index (χ1n) is 6.27. The maximum Gasteiger partial charge on any atom is 0.339 e. The lowest BCUT2D eigenvalue weighted by Gasteiger charge is -2.10. The molecule has 0 saturated carbocycles. The quantitative estimate of drug-likeness (QED) is 0.873. The molecule has 22 heavy (non-hydrogen) atoms. The summed E-state index contributed by atoms with van der Waals surface area (Å²) in [5, 5.41) is 9.59. The molecule has 0 spiro atoms. The minimum absolute atomic E-state index is 0.0671. The maximum atomic E-state index is 11.7. The van der Waals surface area contributed by atoms with Crippen LogP contribution >= 0.6 is 11.6 Å². The van der Waals surface area contributed by atoms with Crippen molar-refractivity contribution in [3.8, 4) is 16.9 Å². The molecule has 0 aliphatic carbocycles. The summed E-state index contributed by atoms with van der Waals surface area (Å²) in [6.45, 7) is 0. The molecule has 0 aromatic heterocycles. The van der Waals surface area contributed by atoms with Gasteiger partial charge in [-0.1, -0.05) is 17.7 Å². The highest BCUT2D eigenvalue weighted by Gasteiger charge is 2.17. The third-order valence-electron chi connectivity index (χ3n) is 3.14. The Morgan fingerprint density at radius 3 is 2.36 bits per heavy atom. The Hall–Kier alpha value is -2.53. The van der Waals surface area contributed by atoms with Crippen LogP contribution in [-0.2, 0) is 4.74 Å². The van der Waals surface area contributed by atoms with Gasteiger partial charge >= 0.3 is 11.9 Å². The number of aromatic carboxylic acids is 1. The predicted molar refractivity (Wildman–Crippen MR) is 81.7 cm³/mol. The molecule has 0 bridgehead atoms. The Bertz CT molecular complexity index is 739. The SMILES string of the molecule is COC(=O)c1cc(-c2ccc(OC)cc2C(=O)O)ccc1Cl. The third-order valence-corrected chi connectivity index (χ3v) is 3.47. The maximum absolute atomic E-state index is 11.7. The molecule has 0 aliphatic heterocycles. The molecular formula is C16H13ClO5. The van der Waals surface area contributed by atoms with Crippen LogP contribution in [-0.4, -0.2) is 31.3 Å². The Morgan fingerprint density at radius 1 is 1.05 bits per heavy atom. The van der Waals surface area contributed by atoms with Crippen LogP contribution in [0.2, 0.25) is 5.02 Å². The number of carboxylic acid groups (broad SMARTS) is 1. The van der Waals surface area contributed by atoms with Crippen LogP contribution in [0.1, 0.15) is 20.7 Å². The van der Waals surface area contributed by atoms with Crippen LogP contribution in [0.4, 0.5) is 0 Å². The van der Waals surface area contributed by atoms with Crippen molar-refractivity contribution in [2.75, 3.05) is 14.2 Å². The number of benzene rings is 2. The van der Waals surface area contributed by atoms with Gasteiger partial charge in [-0.15, -0.1) is 0 Å². The van der Waals surface area contributed by atoms with Gasteiger partial charge in [0.15, 0.2) is 0 Å². The Kier molecular flexibility index (Phi) is 4.68. The van der Waals surface area contributed by atoms with Gasteiger partial charge in [0, 0.05) is 0 Å². The standard InChI is InChI=1S/C16H13ClO5/c1-21-10-4-5-11(12(8-10)15(18)19)9-3-6-14(17)13(7-9)16(20)22-2/h3-8H,1-2H3,(H,18,19). The van der Waals surface area contributed by atoms with Crippen LogP contribution in [0.5, 0.6) is 5.75 Å². The van der Waals surface area contributed by atoms with Crippen molar-refractivity contribution in [2.45, 2.75) is 0 Å². The normalized spacial score (nSPS) is 10.1. The van der Waals surface area contributed by atoms with E-state index in [2.05, 4.69) is 4.74 Å². The van der Waals surface area contributed by atoms with Gasteiger partial charge < -0.3 is 14.6 Å². The van der Waals surface area contributed by atoms with E-state index < -0.39 is 11.9 Å². The van der Waals surface area contributed by atoms with Crippen LogP contribution in [0.15, 0.2) is 36.4 Å². The minimum Gasteiger partial charge on any atom is -0.497 e. The lowest BCUT2D eigenvalue weighted by atomic mass is 9.97. The number of carbonyl (C=O) groups excluding carboxylic acids is 1. The van der Waals surface area contributed by atoms with Gasteiger partial charge in [0.2, 0.25) is 0 Å². The predicted octanol–water partition coefficient (Wildman–Crippen LogP) is 3.50. The first kappa shape index (κ1) is 15.9. The van der Waals surface area contributed by atoms with E-state index in [1.807, 2.05) is 0 Å². The number of halogens is 1. The van der Waals surface area contributed by atoms with E-state index in [0.717, 1.165) is 0 Å². The molecule has 2 aromatic carbocycles. The number of carboxylic acids is 1. The molecule has 5 nitrogen and oxygen atoms in total. The average Bonchev–Trinajstić information content (AvgIpc) is 2.54. The summed E-state index contributed by atoms with van der Waals surface area (Å²) in [5.74, 6) is -1.25. The summed E-state index contributed by atoms with van der Waals surface area (Å²) < 4.78 is 9.70. The molecule has 0 atom stereocenters. The number of hydrogen-bond acceptors (Lipinski definition) is 4. The molecule has 6 heteroatoms. The van der Waals surface area contributed by atoms with Crippen LogP contribution in [0.25, 0.3) is 11.1 Å². The zero-order chi connectivity index (χ0) is 16.3. The molecule has 0 aliphatic rings. The second-order valence-corrected chi connectivity index (χ2v) is 4.81. The van der Waals surface area contributed by atoms with E-state index in [9.17, 15) is 14.7 Å². The average molecular weight is 321 g/mol. The first-order valence-corrected chi connectivity index (χ1v) is 6.65. The van der Waals surface area contributed by atoms with E-state index >= 15 is 0 Å². The fraction of sp³-hybridized carbons (Fsp3) is 0.125. The second kappa shape index (κ2) is 6.49. The molecule has 0 amide bonds. The Balaban J connectivity index is 2.61. The smallest absolute Gasteiger partial charge is 0.339 e. The Labute approximate surface area is 132 Å². The third kappa shape index (κ3) is 3.04. The van der Waals surface area contributed by atoms with Crippen LogP contribution in [0, 0.1) is 0 Å².